The third-order valence-electron chi connectivity index (χ3n) is 3.89. The molecular weight excluding hydrogens is 284 g/mol. The zero-order valence-corrected chi connectivity index (χ0v) is 13.9. The highest BCUT2D eigenvalue weighted by Crippen LogP contribution is 2.21. The van der Waals surface area contributed by atoms with Crippen LogP contribution in [0.1, 0.15) is 51.0 Å². The highest BCUT2D eigenvalue weighted by molar-refractivity contribution is 5.42. The second-order valence-corrected chi connectivity index (χ2v) is 5.90. The van der Waals surface area contributed by atoms with Crippen LogP contribution in [0.25, 0.3) is 0 Å². The molecule has 0 fully saturated rings. The summed E-state index contributed by atoms with van der Waals surface area (Å²) in [6, 6.07) is 15.0. The summed E-state index contributed by atoms with van der Waals surface area (Å²) >= 11 is 0. The second kappa shape index (κ2) is 9.78. The van der Waals surface area contributed by atoms with Gasteiger partial charge >= 0.3 is 0 Å². The lowest BCUT2D eigenvalue weighted by Gasteiger charge is -2.02. The van der Waals surface area contributed by atoms with Crippen molar-refractivity contribution in [3.63, 3.8) is 0 Å². The predicted molar refractivity (Wildman–Crippen MR) is 95.8 cm³/mol. The molecule has 0 saturated carbocycles. The summed E-state index contributed by atoms with van der Waals surface area (Å²) in [4.78, 5) is 0. The fraction of sp³-hybridized carbons (Fsp3) is 0.400. The maximum Gasteiger partial charge on any atom is 0.115 e. The first-order valence-electron chi connectivity index (χ1n) is 8.57. The van der Waals surface area contributed by atoms with E-state index in [1.807, 2.05) is 12.1 Å². The summed E-state index contributed by atoms with van der Waals surface area (Å²) in [5.74, 6) is 0.239. The Morgan fingerprint density at radius 3 is 1.83 bits per heavy atom. The molecular formula is C20H26N2O. The average molecular weight is 310 g/mol. The van der Waals surface area contributed by atoms with Gasteiger partial charge in [-0.05, 0) is 54.8 Å². The quantitative estimate of drug-likeness (QED) is 0.406. The molecule has 0 aliphatic rings. The van der Waals surface area contributed by atoms with Crippen molar-refractivity contribution in [1.82, 2.24) is 0 Å². The molecule has 0 spiro atoms. The van der Waals surface area contributed by atoms with Crippen molar-refractivity contribution in [3.8, 4) is 5.75 Å². The number of benzene rings is 2. The molecule has 2 aromatic rings. The van der Waals surface area contributed by atoms with E-state index in [1.165, 1.54) is 44.1 Å². The van der Waals surface area contributed by atoms with E-state index in [-0.39, 0.29) is 5.75 Å². The van der Waals surface area contributed by atoms with Crippen LogP contribution in [0, 0.1) is 0 Å². The molecule has 1 N–H and O–H groups in total. The first-order chi connectivity index (χ1) is 11.3. The number of aromatic hydroxyl groups is 1. The van der Waals surface area contributed by atoms with Crippen molar-refractivity contribution >= 4 is 11.4 Å². The second-order valence-electron chi connectivity index (χ2n) is 5.90. The van der Waals surface area contributed by atoms with Gasteiger partial charge in [-0.1, -0.05) is 51.2 Å². The van der Waals surface area contributed by atoms with Gasteiger partial charge in [-0.25, -0.2) is 0 Å². The van der Waals surface area contributed by atoms with E-state index in [1.54, 1.807) is 24.3 Å². The zero-order chi connectivity index (χ0) is 16.3. The number of hydrogen-bond donors (Lipinski definition) is 1. The molecule has 0 amide bonds. The molecule has 2 rings (SSSR count). The largest absolute Gasteiger partial charge is 0.508 e. The molecule has 122 valence electrons. The van der Waals surface area contributed by atoms with E-state index in [0.717, 1.165) is 17.8 Å². The van der Waals surface area contributed by atoms with Gasteiger partial charge in [-0.2, -0.15) is 10.2 Å². The predicted octanol–water partition coefficient (Wildman–Crippen LogP) is 6.71. The van der Waals surface area contributed by atoms with Crippen molar-refractivity contribution in [2.75, 3.05) is 0 Å². The molecule has 0 saturated heterocycles. The molecule has 0 aliphatic carbocycles. The molecule has 23 heavy (non-hydrogen) atoms. The van der Waals surface area contributed by atoms with Gasteiger partial charge in [0.05, 0.1) is 11.4 Å². The molecule has 0 heterocycles. The lowest BCUT2D eigenvalue weighted by atomic mass is 10.0. The molecule has 0 radical (unpaired) electrons. The van der Waals surface area contributed by atoms with Gasteiger partial charge in [-0.15, -0.1) is 0 Å². The van der Waals surface area contributed by atoms with Gasteiger partial charge < -0.3 is 5.11 Å². The van der Waals surface area contributed by atoms with Gasteiger partial charge in [0.15, 0.2) is 0 Å². The van der Waals surface area contributed by atoms with Gasteiger partial charge in [0, 0.05) is 0 Å². The Balaban J connectivity index is 1.76. The van der Waals surface area contributed by atoms with E-state index >= 15 is 0 Å². The summed E-state index contributed by atoms with van der Waals surface area (Å²) in [6.45, 7) is 2.25. The van der Waals surface area contributed by atoms with Gasteiger partial charge in [0.1, 0.15) is 5.75 Å². The Morgan fingerprint density at radius 1 is 0.696 bits per heavy atom. The summed E-state index contributed by atoms with van der Waals surface area (Å²) < 4.78 is 0. The number of hydrogen-bond acceptors (Lipinski definition) is 3. The van der Waals surface area contributed by atoms with Gasteiger partial charge in [0.2, 0.25) is 0 Å². The fourth-order valence-electron chi connectivity index (χ4n) is 2.47. The van der Waals surface area contributed by atoms with Crippen LogP contribution in [0.5, 0.6) is 5.75 Å². The van der Waals surface area contributed by atoms with E-state index in [9.17, 15) is 5.11 Å². The molecule has 0 aromatic heterocycles. The third-order valence-corrected chi connectivity index (χ3v) is 3.89. The van der Waals surface area contributed by atoms with E-state index in [0.29, 0.717) is 0 Å². The van der Waals surface area contributed by atoms with E-state index in [2.05, 4.69) is 29.3 Å². The smallest absolute Gasteiger partial charge is 0.115 e. The van der Waals surface area contributed by atoms with Crippen molar-refractivity contribution in [1.29, 1.82) is 0 Å². The molecule has 3 heteroatoms. The number of aryl methyl sites for hydroxylation is 1. The number of phenols is 1. The summed E-state index contributed by atoms with van der Waals surface area (Å²) in [6.07, 6.45) is 9.11. The van der Waals surface area contributed by atoms with Crippen LogP contribution in [0.3, 0.4) is 0 Å². The SMILES string of the molecule is CCCCCCCCc1ccc(/N=N/c2ccc(O)cc2)cc1. The van der Waals surface area contributed by atoms with Crippen LogP contribution in [-0.2, 0) is 6.42 Å². The minimum atomic E-state index is 0.239. The molecule has 3 nitrogen and oxygen atoms in total. The summed E-state index contributed by atoms with van der Waals surface area (Å²) in [5.41, 5.74) is 2.95. The van der Waals surface area contributed by atoms with Crippen LogP contribution in [-0.4, -0.2) is 5.11 Å². The molecule has 0 atom stereocenters. The molecule has 2 aromatic carbocycles. The lowest BCUT2D eigenvalue weighted by molar-refractivity contribution is 0.475. The number of phenolic OH excluding ortho intramolecular Hbond substituents is 1. The van der Waals surface area contributed by atoms with Crippen LogP contribution in [0.15, 0.2) is 58.8 Å². The molecule has 0 unspecified atom stereocenters. The Bertz CT molecular complexity index is 588. The zero-order valence-electron chi connectivity index (χ0n) is 13.9. The van der Waals surface area contributed by atoms with E-state index < -0.39 is 0 Å². The van der Waals surface area contributed by atoms with Crippen LogP contribution < -0.4 is 0 Å². The van der Waals surface area contributed by atoms with Gasteiger partial charge in [-0.3, -0.25) is 0 Å². The molecule has 0 bridgehead atoms. The Morgan fingerprint density at radius 2 is 1.22 bits per heavy atom. The summed E-state index contributed by atoms with van der Waals surface area (Å²) in [7, 11) is 0. The maximum atomic E-state index is 9.23. The van der Waals surface area contributed by atoms with E-state index in [4.69, 9.17) is 0 Å². The topological polar surface area (TPSA) is 45.0 Å². The molecule has 0 aliphatic heterocycles. The van der Waals surface area contributed by atoms with Crippen molar-refractivity contribution in [3.05, 3.63) is 54.1 Å². The van der Waals surface area contributed by atoms with Crippen molar-refractivity contribution in [2.45, 2.75) is 51.9 Å². The highest BCUT2D eigenvalue weighted by Gasteiger charge is 1.96. The fourth-order valence-corrected chi connectivity index (χ4v) is 2.47. The average Bonchev–Trinajstić information content (AvgIpc) is 2.58. The van der Waals surface area contributed by atoms with Gasteiger partial charge in [0.25, 0.3) is 0 Å². The Kier molecular flexibility index (Phi) is 7.31. The normalized spacial score (nSPS) is 11.2. The van der Waals surface area contributed by atoms with Crippen LogP contribution in [0.4, 0.5) is 11.4 Å². The van der Waals surface area contributed by atoms with Crippen molar-refractivity contribution in [2.24, 2.45) is 10.2 Å². The lowest BCUT2D eigenvalue weighted by Crippen LogP contribution is -1.85. The Labute approximate surface area is 139 Å². The third kappa shape index (κ3) is 6.64. The number of azo groups is 1. The Hall–Kier alpha value is -2.16. The van der Waals surface area contributed by atoms with Crippen LogP contribution >= 0.6 is 0 Å². The maximum absolute atomic E-state index is 9.23. The number of rotatable bonds is 9. The number of unbranched alkanes of at least 4 members (excludes halogenated alkanes) is 5. The highest BCUT2D eigenvalue weighted by atomic mass is 16.3. The first-order valence-corrected chi connectivity index (χ1v) is 8.57. The first kappa shape index (κ1) is 17.2. The number of nitrogens with zero attached hydrogens (tertiary/aromatic N) is 2. The summed E-state index contributed by atoms with van der Waals surface area (Å²) in [5, 5.41) is 17.6. The van der Waals surface area contributed by atoms with Crippen LogP contribution in [0.2, 0.25) is 0 Å². The minimum Gasteiger partial charge on any atom is -0.508 e. The minimum absolute atomic E-state index is 0.239. The monoisotopic (exact) mass is 310 g/mol. The van der Waals surface area contributed by atoms with Crippen molar-refractivity contribution < 1.29 is 5.11 Å². The standard InChI is InChI=1S/C20H26N2O/c1-2-3-4-5-6-7-8-17-9-11-18(12-10-17)21-22-19-13-15-20(23)16-14-19/h9-16,23H,2-8H2,1H3/b22-21+.